The van der Waals surface area contributed by atoms with Crippen LogP contribution in [0.15, 0.2) is 41.2 Å². The maximum atomic E-state index is 5.93. The molecule has 1 aliphatic heterocycles. The fourth-order valence-electron chi connectivity index (χ4n) is 2.53. The molecule has 0 atom stereocenters. The van der Waals surface area contributed by atoms with Crippen molar-refractivity contribution < 1.29 is 4.42 Å². The van der Waals surface area contributed by atoms with Gasteiger partial charge in [0.05, 0.1) is 12.5 Å². The lowest BCUT2D eigenvalue weighted by molar-refractivity contribution is 0.313. The second-order valence-electron chi connectivity index (χ2n) is 5.08. The highest BCUT2D eigenvalue weighted by Gasteiger charge is 2.18. The first kappa shape index (κ1) is 12.1. The Hall–Kier alpha value is -1.94. The van der Waals surface area contributed by atoms with Crippen molar-refractivity contribution in [3.8, 4) is 11.1 Å². The SMILES string of the molecule is CN1CCN(c2ccc(N)cc2-c2ccoc2)CC1. The molecule has 0 saturated carbocycles. The fourth-order valence-corrected chi connectivity index (χ4v) is 2.53. The van der Waals surface area contributed by atoms with Gasteiger partial charge in [-0.05, 0) is 31.3 Å². The second kappa shape index (κ2) is 4.97. The number of likely N-dealkylation sites (N-methyl/N-ethyl adjacent to an activating group) is 1. The molecule has 3 rings (SSSR count). The number of nitrogen functional groups attached to an aromatic ring is 1. The zero-order valence-electron chi connectivity index (χ0n) is 11.2. The molecule has 0 spiro atoms. The number of nitrogens with two attached hydrogens (primary N) is 1. The molecule has 0 unspecified atom stereocenters. The number of benzene rings is 1. The van der Waals surface area contributed by atoms with E-state index >= 15 is 0 Å². The topological polar surface area (TPSA) is 45.6 Å². The molecule has 1 fully saturated rings. The first-order valence-electron chi connectivity index (χ1n) is 6.59. The molecular formula is C15H19N3O. The lowest BCUT2D eigenvalue weighted by atomic mass is 10.0. The van der Waals surface area contributed by atoms with Gasteiger partial charge in [-0.3, -0.25) is 0 Å². The standard InChI is InChI=1S/C15H19N3O/c1-17-5-7-18(8-6-17)15-3-2-13(16)10-14(15)12-4-9-19-11-12/h2-4,9-11H,5-8,16H2,1H3. The minimum atomic E-state index is 0.786. The number of rotatable bonds is 2. The van der Waals surface area contributed by atoms with Gasteiger partial charge >= 0.3 is 0 Å². The average Bonchev–Trinajstić information content (AvgIpc) is 2.94. The zero-order chi connectivity index (χ0) is 13.2. The summed E-state index contributed by atoms with van der Waals surface area (Å²) in [6, 6.07) is 8.09. The third-order valence-electron chi connectivity index (χ3n) is 3.70. The lowest BCUT2D eigenvalue weighted by Crippen LogP contribution is -2.44. The number of hydrogen-bond acceptors (Lipinski definition) is 4. The van der Waals surface area contributed by atoms with E-state index in [0.29, 0.717) is 0 Å². The predicted octanol–water partition coefficient (Wildman–Crippen LogP) is 2.28. The Morgan fingerprint density at radius 2 is 1.89 bits per heavy atom. The molecule has 0 amide bonds. The maximum Gasteiger partial charge on any atom is 0.0981 e. The van der Waals surface area contributed by atoms with E-state index in [1.165, 1.54) is 5.69 Å². The van der Waals surface area contributed by atoms with E-state index in [1.807, 2.05) is 18.2 Å². The van der Waals surface area contributed by atoms with Crippen molar-refractivity contribution in [2.45, 2.75) is 0 Å². The largest absolute Gasteiger partial charge is 0.472 e. The highest BCUT2D eigenvalue weighted by molar-refractivity contribution is 5.81. The van der Waals surface area contributed by atoms with Gasteiger partial charge < -0.3 is 20.0 Å². The monoisotopic (exact) mass is 257 g/mol. The van der Waals surface area contributed by atoms with Crippen LogP contribution in [0, 0.1) is 0 Å². The van der Waals surface area contributed by atoms with Gasteiger partial charge in [-0.25, -0.2) is 0 Å². The van der Waals surface area contributed by atoms with Crippen molar-refractivity contribution in [1.29, 1.82) is 0 Å². The zero-order valence-corrected chi connectivity index (χ0v) is 11.2. The van der Waals surface area contributed by atoms with Crippen LogP contribution in [0.25, 0.3) is 11.1 Å². The molecule has 0 aliphatic carbocycles. The van der Waals surface area contributed by atoms with Gasteiger partial charge in [0.1, 0.15) is 0 Å². The van der Waals surface area contributed by atoms with E-state index in [0.717, 1.165) is 43.0 Å². The summed E-state index contributed by atoms with van der Waals surface area (Å²) < 4.78 is 5.20. The van der Waals surface area contributed by atoms with Crippen molar-refractivity contribution >= 4 is 11.4 Å². The molecule has 2 heterocycles. The minimum absolute atomic E-state index is 0.786. The molecule has 2 aromatic rings. The summed E-state index contributed by atoms with van der Waals surface area (Å²) in [5, 5.41) is 0. The Kier molecular flexibility index (Phi) is 3.17. The molecule has 1 aromatic heterocycles. The molecular weight excluding hydrogens is 238 g/mol. The third kappa shape index (κ3) is 2.44. The van der Waals surface area contributed by atoms with Gasteiger partial charge in [0.15, 0.2) is 0 Å². The van der Waals surface area contributed by atoms with E-state index in [1.54, 1.807) is 12.5 Å². The van der Waals surface area contributed by atoms with Gasteiger partial charge in [-0.1, -0.05) is 0 Å². The third-order valence-corrected chi connectivity index (χ3v) is 3.70. The summed E-state index contributed by atoms with van der Waals surface area (Å²) in [7, 11) is 2.16. The smallest absolute Gasteiger partial charge is 0.0981 e. The van der Waals surface area contributed by atoms with Gasteiger partial charge in [-0.15, -0.1) is 0 Å². The number of anilines is 2. The molecule has 100 valence electrons. The van der Waals surface area contributed by atoms with Crippen LogP contribution in [-0.4, -0.2) is 38.1 Å². The van der Waals surface area contributed by atoms with Crippen molar-refractivity contribution in [2.75, 3.05) is 43.9 Å². The van der Waals surface area contributed by atoms with Crippen LogP contribution in [0.5, 0.6) is 0 Å². The lowest BCUT2D eigenvalue weighted by Gasteiger charge is -2.35. The average molecular weight is 257 g/mol. The Bertz CT molecular complexity index is 543. The molecule has 0 bridgehead atoms. The molecule has 1 aliphatic rings. The van der Waals surface area contributed by atoms with Gasteiger partial charge in [0.2, 0.25) is 0 Å². The first-order valence-corrected chi connectivity index (χ1v) is 6.59. The Morgan fingerprint density at radius 3 is 2.58 bits per heavy atom. The van der Waals surface area contributed by atoms with Crippen LogP contribution >= 0.6 is 0 Å². The molecule has 4 nitrogen and oxygen atoms in total. The molecule has 19 heavy (non-hydrogen) atoms. The number of furan rings is 1. The number of hydrogen-bond donors (Lipinski definition) is 1. The summed E-state index contributed by atoms with van der Waals surface area (Å²) in [6.07, 6.45) is 3.47. The predicted molar refractivity (Wildman–Crippen MR) is 78.3 cm³/mol. The molecule has 0 radical (unpaired) electrons. The highest BCUT2D eigenvalue weighted by atomic mass is 16.3. The van der Waals surface area contributed by atoms with E-state index in [4.69, 9.17) is 10.2 Å². The highest BCUT2D eigenvalue weighted by Crippen LogP contribution is 2.33. The second-order valence-corrected chi connectivity index (χ2v) is 5.08. The van der Waals surface area contributed by atoms with Crippen LogP contribution in [-0.2, 0) is 0 Å². The molecule has 4 heteroatoms. The first-order chi connectivity index (χ1) is 9.24. The summed E-state index contributed by atoms with van der Waals surface area (Å²) in [4.78, 5) is 4.77. The van der Waals surface area contributed by atoms with Gasteiger partial charge in [-0.2, -0.15) is 0 Å². The summed E-state index contributed by atoms with van der Waals surface area (Å²) in [5.41, 5.74) is 10.2. The van der Waals surface area contributed by atoms with E-state index < -0.39 is 0 Å². The van der Waals surface area contributed by atoms with Crippen molar-refractivity contribution in [2.24, 2.45) is 0 Å². The van der Waals surface area contributed by atoms with Crippen molar-refractivity contribution in [1.82, 2.24) is 4.90 Å². The normalized spacial score (nSPS) is 16.8. The quantitative estimate of drug-likeness (QED) is 0.838. The maximum absolute atomic E-state index is 5.93. The molecule has 1 aromatic carbocycles. The summed E-state index contributed by atoms with van der Waals surface area (Å²) >= 11 is 0. The van der Waals surface area contributed by atoms with Crippen LogP contribution in [0.3, 0.4) is 0 Å². The van der Waals surface area contributed by atoms with Crippen LogP contribution < -0.4 is 10.6 Å². The van der Waals surface area contributed by atoms with E-state index in [-0.39, 0.29) is 0 Å². The van der Waals surface area contributed by atoms with Gasteiger partial charge in [0, 0.05) is 48.7 Å². The minimum Gasteiger partial charge on any atom is -0.472 e. The Balaban J connectivity index is 1.97. The van der Waals surface area contributed by atoms with Crippen LogP contribution in [0.4, 0.5) is 11.4 Å². The fraction of sp³-hybridized carbons (Fsp3) is 0.333. The van der Waals surface area contributed by atoms with Crippen molar-refractivity contribution in [3.63, 3.8) is 0 Å². The molecule has 2 N–H and O–H groups in total. The van der Waals surface area contributed by atoms with E-state index in [9.17, 15) is 0 Å². The van der Waals surface area contributed by atoms with Crippen LogP contribution in [0.2, 0.25) is 0 Å². The Morgan fingerprint density at radius 1 is 1.11 bits per heavy atom. The van der Waals surface area contributed by atoms with Crippen molar-refractivity contribution in [3.05, 3.63) is 36.8 Å². The van der Waals surface area contributed by atoms with Crippen LogP contribution in [0.1, 0.15) is 0 Å². The Labute approximate surface area is 113 Å². The molecule has 1 saturated heterocycles. The number of piperazine rings is 1. The van der Waals surface area contributed by atoms with E-state index in [2.05, 4.69) is 22.9 Å². The van der Waals surface area contributed by atoms with Gasteiger partial charge in [0.25, 0.3) is 0 Å². The summed E-state index contributed by atoms with van der Waals surface area (Å²) in [6.45, 7) is 4.28. The summed E-state index contributed by atoms with van der Waals surface area (Å²) in [5.74, 6) is 0. The number of nitrogens with zero attached hydrogens (tertiary/aromatic N) is 2.